The lowest BCUT2D eigenvalue weighted by atomic mass is 10.1. The van der Waals surface area contributed by atoms with E-state index in [1.807, 2.05) is 57.2 Å². The first-order valence-corrected chi connectivity index (χ1v) is 15.1. The maximum absolute atomic E-state index is 13.6. The Balaban J connectivity index is 1.75. The first-order chi connectivity index (χ1) is 17.6. The van der Waals surface area contributed by atoms with Crippen LogP contribution in [0.25, 0.3) is 0 Å². The fourth-order valence-electron chi connectivity index (χ4n) is 5.01. The second kappa shape index (κ2) is 13.1. The second-order valence-electron chi connectivity index (χ2n) is 10.2. The number of anilines is 1. The third-order valence-electron chi connectivity index (χ3n) is 7.00. The minimum absolute atomic E-state index is 0.104. The van der Waals surface area contributed by atoms with Gasteiger partial charge in [-0.25, -0.2) is 8.42 Å². The molecule has 1 N–H and O–H groups in total. The van der Waals surface area contributed by atoms with Crippen LogP contribution in [0.1, 0.15) is 68.6 Å². The van der Waals surface area contributed by atoms with Gasteiger partial charge >= 0.3 is 0 Å². The summed E-state index contributed by atoms with van der Waals surface area (Å²) >= 11 is 0. The van der Waals surface area contributed by atoms with E-state index < -0.39 is 16.1 Å². The molecule has 2 amide bonds. The minimum atomic E-state index is -3.51. The van der Waals surface area contributed by atoms with Crippen LogP contribution in [0.15, 0.2) is 48.5 Å². The van der Waals surface area contributed by atoms with Crippen molar-refractivity contribution in [1.82, 2.24) is 10.2 Å². The minimum Gasteiger partial charge on any atom is -0.352 e. The summed E-state index contributed by atoms with van der Waals surface area (Å²) < 4.78 is 26.3. The number of carbonyl (C=O) groups is 2. The predicted octanol–water partition coefficient (Wildman–Crippen LogP) is 4.72. The van der Waals surface area contributed by atoms with Crippen molar-refractivity contribution >= 4 is 27.5 Å². The van der Waals surface area contributed by atoms with E-state index in [-0.39, 0.29) is 30.8 Å². The quantitative estimate of drug-likeness (QED) is 0.433. The molecule has 8 heteroatoms. The third kappa shape index (κ3) is 8.32. The van der Waals surface area contributed by atoms with Crippen LogP contribution >= 0.6 is 0 Å². The molecule has 202 valence electrons. The van der Waals surface area contributed by atoms with Gasteiger partial charge < -0.3 is 10.2 Å². The molecule has 1 atom stereocenters. The number of benzene rings is 2. The molecule has 1 aliphatic rings. The monoisotopic (exact) mass is 527 g/mol. The van der Waals surface area contributed by atoms with Gasteiger partial charge in [-0.2, -0.15) is 0 Å². The Morgan fingerprint density at radius 3 is 2.30 bits per heavy atom. The summed E-state index contributed by atoms with van der Waals surface area (Å²) in [5.41, 5.74) is 3.69. The zero-order valence-electron chi connectivity index (χ0n) is 22.6. The highest BCUT2D eigenvalue weighted by atomic mass is 32.2. The topological polar surface area (TPSA) is 86.8 Å². The Morgan fingerprint density at radius 1 is 1.03 bits per heavy atom. The summed E-state index contributed by atoms with van der Waals surface area (Å²) in [6.07, 6.45) is 6.38. The lowest BCUT2D eigenvalue weighted by molar-refractivity contribution is -0.141. The normalized spacial score (nSPS) is 14.8. The van der Waals surface area contributed by atoms with Crippen molar-refractivity contribution < 1.29 is 18.0 Å². The Bertz CT molecular complexity index is 1160. The highest BCUT2D eigenvalue weighted by molar-refractivity contribution is 7.92. The summed E-state index contributed by atoms with van der Waals surface area (Å²) in [5.74, 6) is -0.250. The number of amides is 2. The van der Waals surface area contributed by atoms with Crippen LogP contribution in [0, 0.1) is 13.8 Å². The van der Waals surface area contributed by atoms with Crippen molar-refractivity contribution in [2.75, 3.05) is 17.1 Å². The number of aryl methyl sites for hydroxylation is 2. The van der Waals surface area contributed by atoms with E-state index in [1.54, 1.807) is 17.0 Å². The van der Waals surface area contributed by atoms with E-state index in [0.29, 0.717) is 25.1 Å². The van der Waals surface area contributed by atoms with Crippen molar-refractivity contribution in [3.05, 3.63) is 65.2 Å². The molecule has 0 heterocycles. The fourth-order valence-corrected chi connectivity index (χ4v) is 5.97. The zero-order chi connectivity index (χ0) is 27.0. The van der Waals surface area contributed by atoms with Crippen molar-refractivity contribution in [3.63, 3.8) is 0 Å². The summed E-state index contributed by atoms with van der Waals surface area (Å²) in [6, 6.07) is 14.9. The number of nitrogens with zero attached hydrogens (tertiary/aromatic N) is 2. The maximum Gasteiger partial charge on any atom is 0.243 e. The first-order valence-electron chi connectivity index (χ1n) is 13.3. The molecule has 3 rings (SSSR count). The Labute approximate surface area is 222 Å². The standard InChI is InChI=1S/C29H41N3O4S/c1-5-27(29(34)30-25-12-6-7-13-25)31(21-24-11-8-10-23(3)20-24)28(33)14-9-19-32(37(4,35)36)26-17-15-22(2)16-18-26/h8,10-11,15-18,20,25,27H,5-7,9,12-14,19,21H2,1-4H3,(H,30,34)/t27-/m1/s1. The largest absolute Gasteiger partial charge is 0.352 e. The summed E-state index contributed by atoms with van der Waals surface area (Å²) in [6.45, 7) is 6.41. The lowest BCUT2D eigenvalue weighted by Crippen LogP contribution is -2.51. The van der Waals surface area contributed by atoms with Crippen molar-refractivity contribution in [3.8, 4) is 0 Å². The van der Waals surface area contributed by atoms with Crippen molar-refractivity contribution in [2.24, 2.45) is 0 Å². The molecule has 0 spiro atoms. The van der Waals surface area contributed by atoms with Crippen LogP contribution in [-0.2, 0) is 26.2 Å². The number of hydrogen-bond donors (Lipinski definition) is 1. The Hall–Kier alpha value is -2.87. The molecular formula is C29H41N3O4S. The number of carbonyl (C=O) groups excluding carboxylic acids is 2. The molecule has 37 heavy (non-hydrogen) atoms. The van der Waals surface area contributed by atoms with Crippen LogP contribution in [0.4, 0.5) is 5.69 Å². The first kappa shape index (κ1) is 28.7. The van der Waals surface area contributed by atoms with E-state index >= 15 is 0 Å². The average Bonchev–Trinajstić information content (AvgIpc) is 3.34. The molecule has 7 nitrogen and oxygen atoms in total. The molecule has 2 aromatic carbocycles. The number of rotatable bonds is 12. The van der Waals surface area contributed by atoms with Crippen molar-refractivity contribution in [2.45, 2.75) is 84.3 Å². The van der Waals surface area contributed by atoms with Gasteiger partial charge in [0.2, 0.25) is 21.8 Å². The van der Waals surface area contributed by atoms with Crippen LogP contribution in [0.5, 0.6) is 0 Å². The molecule has 0 unspecified atom stereocenters. The second-order valence-corrected chi connectivity index (χ2v) is 12.1. The van der Waals surface area contributed by atoms with Gasteiger partial charge in [0, 0.05) is 25.6 Å². The van der Waals surface area contributed by atoms with Crippen LogP contribution in [0.2, 0.25) is 0 Å². The van der Waals surface area contributed by atoms with Gasteiger partial charge in [0.05, 0.1) is 11.9 Å². The SMILES string of the molecule is CC[C@H](C(=O)NC1CCCC1)N(Cc1cccc(C)c1)C(=O)CCCN(c1ccc(C)cc1)S(C)(=O)=O. The van der Waals surface area contributed by atoms with Crippen LogP contribution in [0.3, 0.4) is 0 Å². The summed E-state index contributed by atoms with van der Waals surface area (Å²) in [4.78, 5) is 28.5. The van der Waals surface area contributed by atoms with Crippen LogP contribution in [-0.4, -0.2) is 50.0 Å². The van der Waals surface area contributed by atoms with Crippen LogP contribution < -0.4 is 9.62 Å². The number of sulfonamides is 1. The van der Waals surface area contributed by atoms with Gasteiger partial charge in [0.15, 0.2) is 0 Å². The molecule has 0 radical (unpaired) electrons. The summed E-state index contributed by atoms with van der Waals surface area (Å²) in [5, 5.41) is 3.16. The van der Waals surface area contributed by atoms with Gasteiger partial charge in [0.1, 0.15) is 6.04 Å². The van der Waals surface area contributed by atoms with Gasteiger partial charge in [-0.1, -0.05) is 67.3 Å². The molecule has 0 aliphatic heterocycles. The molecule has 0 saturated heterocycles. The van der Waals surface area contributed by atoms with Gasteiger partial charge in [-0.3, -0.25) is 13.9 Å². The third-order valence-corrected chi connectivity index (χ3v) is 8.19. The number of nitrogens with one attached hydrogen (secondary N) is 1. The molecule has 2 aromatic rings. The van der Waals surface area contributed by atoms with Gasteiger partial charge in [-0.05, 0) is 57.2 Å². The number of hydrogen-bond acceptors (Lipinski definition) is 4. The Morgan fingerprint density at radius 2 is 1.70 bits per heavy atom. The lowest BCUT2D eigenvalue weighted by Gasteiger charge is -2.32. The van der Waals surface area contributed by atoms with E-state index in [0.717, 1.165) is 42.4 Å². The fraction of sp³-hybridized carbons (Fsp3) is 0.517. The Kier molecular flexibility index (Phi) is 10.1. The van der Waals surface area contributed by atoms with Crippen molar-refractivity contribution in [1.29, 1.82) is 0 Å². The maximum atomic E-state index is 13.6. The molecule has 1 aliphatic carbocycles. The van der Waals surface area contributed by atoms with Gasteiger partial charge in [-0.15, -0.1) is 0 Å². The zero-order valence-corrected chi connectivity index (χ0v) is 23.4. The highest BCUT2D eigenvalue weighted by Crippen LogP contribution is 2.22. The average molecular weight is 528 g/mol. The molecule has 1 fully saturated rings. The highest BCUT2D eigenvalue weighted by Gasteiger charge is 2.30. The van der Waals surface area contributed by atoms with E-state index in [4.69, 9.17) is 0 Å². The predicted molar refractivity (Wildman–Crippen MR) is 149 cm³/mol. The van der Waals surface area contributed by atoms with E-state index in [2.05, 4.69) is 5.32 Å². The summed E-state index contributed by atoms with van der Waals surface area (Å²) in [7, 11) is -3.51. The van der Waals surface area contributed by atoms with E-state index in [1.165, 1.54) is 10.6 Å². The molecular weight excluding hydrogens is 486 g/mol. The molecule has 0 bridgehead atoms. The smallest absolute Gasteiger partial charge is 0.243 e. The molecule has 1 saturated carbocycles. The van der Waals surface area contributed by atoms with E-state index in [9.17, 15) is 18.0 Å². The van der Waals surface area contributed by atoms with Gasteiger partial charge in [0.25, 0.3) is 0 Å². The molecule has 0 aromatic heterocycles.